The average molecular weight is 318 g/mol. The minimum Gasteiger partial charge on any atom is -0.477 e. The first-order valence-electron chi connectivity index (χ1n) is 7.86. The van der Waals surface area contributed by atoms with Crippen molar-refractivity contribution in [1.82, 2.24) is 25.0 Å². The predicted octanol–water partition coefficient (Wildman–Crippen LogP) is 1.15. The highest BCUT2D eigenvalue weighted by molar-refractivity contribution is 5.41. The molecule has 0 amide bonds. The zero-order valence-electron chi connectivity index (χ0n) is 13.7. The summed E-state index contributed by atoms with van der Waals surface area (Å²) in [7, 11) is 0. The van der Waals surface area contributed by atoms with Crippen molar-refractivity contribution in [2.24, 2.45) is 0 Å². The predicted molar refractivity (Wildman–Crippen MR) is 84.3 cm³/mol. The van der Waals surface area contributed by atoms with Crippen molar-refractivity contribution in [3.63, 3.8) is 0 Å². The van der Waals surface area contributed by atoms with Gasteiger partial charge in [-0.2, -0.15) is 4.98 Å². The van der Waals surface area contributed by atoms with Crippen molar-refractivity contribution < 1.29 is 9.84 Å². The maximum absolute atomic E-state index is 10.9. The molecule has 8 nitrogen and oxygen atoms in total. The van der Waals surface area contributed by atoms with Gasteiger partial charge in [-0.1, -0.05) is 5.21 Å². The molecule has 8 heteroatoms. The van der Waals surface area contributed by atoms with E-state index in [4.69, 9.17) is 4.74 Å². The number of hydrogen-bond donors (Lipinski definition) is 1. The first kappa shape index (κ1) is 15.7. The van der Waals surface area contributed by atoms with Crippen molar-refractivity contribution in [2.45, 2.75) is 38.8 Å². The van der Waals surface area contributed by atoms with Crippen LogP contribution in [-0.2, 0) is 5.60 Å². The molecule has 0 bridgehead atoms. The van der Waals surface area contributed by atoms with Gasteiger partial charge in [0.25, 0.3) is 0 Å². The van der Waals surface area contributed by atoms with Crippen LogP contribution in [0.2, 0.25) is 0 Å². The monoisotopic (exact) mass is 318 g/mol. The molecule has 0 spiro atoms. The van der Waals surface area contributed by atoms with Crippen LogP contribution in [0.5, 0.6) is 5.88 Å². The Morgan fingerprint density at radius 2 is 2.22 bits per heavy atom. The Balaban J connectivity index is 1.77. The van der Waals surface area contributed by atoms with Gasteiger partial charge in [0.05, 0.1) is 31.7 Å². The smallest absolute Gasteiger partial charge is 0.234 e. The van der Waals surface area contributed by atoms with E-state index in [9.17, 15) is 5.11 Å². The van der Waals surface area contributed by atoms with E-state index in [-0.39, 0.29) is 6.04 Å². The third-order valence-electron chi connectivity index (χ3n) is 3.98. The minimum absolute atomic E-state index is 0.214. The Morgan fingerprint density at radius 3 is 2.91 bits per heavy atom. The van der Waals surface area contributed by atoms with E-state index < -0.39 is 5.60 Å². The first-order chi connectivity index (χ1) is 11.0. The van der Waals surface area contributed by atoms with E-state index in [1.165, 1.54) is 0 Å². The fraction of sp³-hybridized carbons (Fsp3) is 0.600. The van der Waals surface area contributed by atoms with Gasteiger partial charge in [-0.15, -0.1) is 5.10 Å². The Morgan fingerprint density at radius 1 is 1.39 bits per heavy atom. The number of aliphatic hydroxyl groups is 1. The number of aromatic nitrogens is 5. The lowest BCUT2D eigenvalue weighted by Crippen LogP contribution is -2.31. The summed E-state index contributed by atoms with van der Waals surface area (Å²) in [5.74, 6) is 1.19. The minimum atomic E-state index is -1.02. The molecule has 3 heterocycles. The highest BCUT2D eigenvalue weighted by Crippen LogP contribution is 2.33. The molecule has 0 aromatic carbocycles. The SMILES string of the molecule is CCOc1cncc(N2CC[C@](O)(c3cn(C(C)C)nn3)C2)n1. The molecule has 1 atom stereocenters. The van der Waals surface area contributed by atoms with Crippen molar-refractivity contribution in [3.8, 4) is 5.88 Å². The van der Waals surface area contributed by atoms with Crippen LogP contribution in [0.1, 0.15) is 38.9 Å². The summed E-state index contributed by atoms with van der Waals surface area (Å²) < 4.78 is 7.14. The standard InChI is InChI=1S/C15H22N6O2/c1-4-23-14-8-16-7-13(17-14)20-6-5-15(22,10-20)12-9-21(11(2)3)19-18-12/h7-9,11,22H,4-6,10H2,1-3H3/t15-/m1/s1. The summed E-state index contributed by atoms with van der Waals surface area (Å²) in [6.45, 7) is 7.58. The second-order valence-electron chi connectivity index (χ2n) is 6.03. The molecule has 1 fully saturated rings. The summed E-state index contributed by atoms with van der Waals surface area (Å²) in [6, 6.07) is 0.214. The molecule has 0 radical (unpaired) electrons. The van der Waals surface area contributed by atoms with Crippen molar-refractivity contribution in [3.05, 3.63) is 24.3 Å². The van der Waals surface area contributed by atoms with Gasteiger partial charge in [0, 0.05) is 19.0 Å². The third kappa shape index (κ3) is 3.12. The molecule has 1 saturated heterocycles. The summed E-state index contributed by atoms with van der Waals surface area (Å²) in [5.41, 5.74) is -0.418. The molecule has 23 heavy (non-hydrogen) atoms. The Kier molecular flexibility index (Phi) is 4.16. The second kappa shape index (κ2) is 6.11. The van der Waals surface area contributed by atoms with Gasteiger partial charge >= 0.3 is 0 Å². The van der Waals surface area contributed by atoms with Crippen LogP contribution in [0.15, 0.2) is 18.6 Å². The van der Waals surface area contributed by atoms with Gasteiger partial charge in [0.15, 0.2) is 5.82 Å². The van der Waals surface area contributed by atoms with Crippen molar-refractivity contribution in [1.29, 1.82) is 0 Å². The third-order valence-corrected chi connectivity index (χ3v) is 3.98. The van der Waals surface area contributed by atoms with E-state index in [0.29, 0.717) is 43.5 Å². The molecule has 1 aliphatic rings. The maximum atomic E-state index is 10.9. The molecule has 2 aromatic heterocycles. The molecular weight excluding hydrogens is 296 g/mol. The van der Waals surface area contributed by atoms with Gasteiger partial charge in [0.2, 0.25) is 5.88 Å². The highest BCUT2D eigenvalue weighted by atomic mass is 16.5. The highest BCUT2D eigenvalue weighted by Gasteiger charge is 2.41. The molecule has 1 N–H and O–H groups in total. The number of rotatable bonds is 5. The van der Waals surface area contributed by atoms with Crippen LogP contribution in [-0.4, -0.2) is 49.8 Å². The molecule has 0 aliphatic carbocycles. The lowest BCUT2D eigenvalue weighted by Gasteiger charge is -2.21. The average Bonchev–Trinajstić information content (AvgIpc) is 3.16. The van der Waals surface area contributed by atoms with Crippen molar-refractivity contribution in [2.75, 3.05) is 24.6 Å². The van der Waals surface area contributed by atoms with Crippen LogP contribution < -0.4 is 9.64 Å². The summed E-state index contributed by atoms with van der Waals surface area (Å²) in [6.07, 6.45) is 5.66. The topological polar surface area (TPSA) is 89.2 Å². The summed E-state index contributed by atoms with van der Waals surface area (Å²) in [5, 5.41) is 19.1. The second-order valence-corrected chi connectivity index (χ2v) is 6.03. The zero-order chi connectivity index (χ0) is 16.4. The molecule has 0 saturated carbocycles. The van der Waals surface area contributed by atoms with E-state index in [1.807, 2.05) is 31.9 Å². The molecule has 1 aliphatic heterocycles. The fourth-order valence-corrected chi connectivity index (χ4v) is 2.65. The summed E-state index contributed by atoms with van der Waals surface area (Å²) >= 11 is 0. The fourth-order valence-electron chi connectivity index (χ4n) is 2.65. The molecule has 3 rings (SSSR count). The number of anilines is 1. The normalized spacial score (nSPS) is 21.2. The quantitative estimate of drug-likeness (QED) is 0.884. The van der Waals surface area contributed by atoms with E-state index in [2.05, 4.69) is 20.3 Å². The van der Waals surface area contributed by atoms with Crippen LogP contribution in [0.4, 0.5) is 5.82 Å². The number of β-amino-alcohol motifs (C(OH)–C–C–N with tert-alkyl or cyclic N) is 1. The summed E-state index contributed by atoms with van der Waals surface area (Å²) in [4.78, 5) is 10.6. The zero-order valence-corrected chi connectivity index (χ0v) is 13.7. The molecule has 2 aromatic rings. The Labute approximate surface area is 135 Å². The molecular formula is C15H22N6O2. The lowest BCUT2D eigenvalue weighted by atomic mass is 10.00. The Bertz CT molecular complexity index is 673. The number of ether oxygens (including phenoxy) is 1. The first-order valence-corrected chi connectivity index (χ1v) is 7.86. The van der Waals surface area contributed by atoms with Crippen LogP contribution in [0, 0.1) is 0 Å². The van der Waals surface area contributed by atoms with Gasteiger partial charge < -0.3 is 14.7 Å². The van der Waals surface area contributed by atoms with E-state index in [0.717, 1.165) is 0 Å². The van der Waals surface area contributed by atoms with E-state index >= 15 is 0 Å². The van der Waals surface area contributed by atoms with Crippen LogP contribution >= 0.6 is 0 Å². The molecule has 124 valence electrons. The van der Waals surface area contributed by atoms with Crippen LogP contribution in [0.3, 0.4) is 0 Å². The van der Waals surface area contributed by atoms with Gasteiger partial charge in [0.1, 0.15) is 11.3 Å². The van der Waals surface area contributed by atoms with Crippen molar-refractivity contribution >= 4 is 5.82 Å². The van der Waals surface area contributed by atoms with Crippen LogP contribution in [0.25, 0.3) is 0 Å². The lowest BCUT2D eigenvalue weighted by molar-refractivity contribution is 0.0558. The largest absolute Gasteiger partial charge is 0.477 e. The number of nitrogens with zero attached hydrogens (tertiary/aromatic N) is 6. The maximum Gasteiger partial charge on any atom is 0.234 e. The number of hydrogen-bond acceptors (Lipinski definition) is 7. The van der Waals surface area contributed by atoms with E-state index in [1.54, 1.807) is 17.1 Å². The van der Waals surface area contributed by atoms with Gasteiger partial charge in [-0.05, 0) is 20.8 Å². The van der Waals surface area contributed by atoms with Gasteiger partial charge in [-0.3, -0.25) is 4.98 Å². The molecule has 0 unspecified atom stereocenters. The van der Waals surface area contributed by atoms with Gasteiger partial charge in [-0.25, -0.2) is 4.68 Å². The Hall–Kier alpha value is -2.22.